The molecule has 0 aromatic carbocycles. The summed E-state index contributed by atoms with van der Waals surface area (Å²) in [6, 6.07) is 1.65. The molecule has 8 heteroatoms. The molecule has 126 valence electrons. The quantitative estimate of drug-likeness (QED) is 0.610. The number of rotatable bonds is 5. The largest absolute Gasteiger partial charge is 0.325 e. The third-order valence-corrected chi connectivity index (χ3v) is 5.31. The number of anilines is 2. The van der Waals surface area contributed by atoms with Crippen molar-refractivity contribution in [3.8, 4) is 0 Å². The van der Waals surface area contributed by atoms with Gasteiger partial charge in [-0.3, -0.25) is 5.32 Å². The van der Waals surface area contributed by atoms with Crippen molar-refractivity contribution in [2.75, 3.05) is 17.7 Å². The van der Waals surface area contributed by atoms with E-state index in [1.807, 2.05) is 13.0 Å². The average Bonchev–Trinajstić information content (AvgIpc) is 3.02. The van der Waals surface area contributed by atoms with Crippen LogP contribution in [0.1, 0.15) is 35.4 Å². The highest BCUT2D eigenvalue weighted by molar-refractivity contribution is 7.15. The van der Waals surface area contributed by atoms with Gasteiger partial charge in [-0.2, -0.15) is 0 Å². The smallest absolute Gasteiger partial charge is 0.306 e. The Balaban J connectivity index is 2.13. The molecule has 0 fully saturated rings. The Labute approximate surface area is 143 Å². The fourth-order valence-corrected chi connectivity index (χ4v) is 3.52. The van der Waals surface area contributed by atoms with Gasteiger partial charge in [0.25, 0.3) is 0 Å². The normalized spacial score (nSPS) is 11.5. The van der Waals surface area contributed by atoms with Crippen molar-refractivity contribution in [2.24, 2.45) is 0 Å². The van der Waals surface area contributed by atoms with E-state index in [1.165, 1.54) is 18.4 Å². The van der Waals surface area contributed by atoms with Crippen molar-refractivity contribution in [1.82, 2.24) is 4.98 Å². The van der Waals surface area contributed by atoms with Crippen molar-refractivity contribution < 1.29 is 14.6 Å². The summed E-state index contributed by atoms with van der Waals surface area (Å²) in [6.07, 6.45) is 1.72. The number of hydrogen-bond donors (Lipinski definition) is 2. The summed E-state index contributed by atoms with van der Waals surface area (Å²) in [4.78, 5) is 29.1. The van der Waals surface area contributed by atoms with Crippen LogP contribution in [0, 0.1) is 6.92 Å². The zero-order valence-electron chi connectivity index (χ0n) is 13.9. The van der Waals surface area contributed by atoms with E-state index in [1.54, 1.807) is 17.5 Å². The molecule has 0 aliphatic heterocycles. The van der Waals surface area contributed by atoms with Gasteiger partial charge in [-0.15, -0.1) is 22.7 Å². The van der Waals surface area contributed by atoms with Gasteiger partial charge in [0.15, 0.2) is 5.13 Å². The first-order valence-electron chi connectivity index (χ1n) is 7.09. The maximum Gasteiger partial charge on any atom is 0.325 e. The van der Waals surface area contributed by atoms with E-state index in [-0.39, 0.29) is 18.1 Å². The number of carbonyl (C=O) groups is 1. The van der Waals surface area contributed by atoms with Gasteiger partial charge in [0.05, 0.1) is 17.7 Å². The first-order chi connectivity index (χ1) is 10.8. The summed E-state index contributed by atoms with van der Waals surface area (Å²) in [5, 5.41) is 6.16. The van der Waals surface area contributed by atoms with Crippen LogP contribution in [0.2, 0.25) is 0 Å². The van der Waals surface area contributed by atoms with Gasteiger partial charge in [-0.1, -0.05) is 20.8 Å². The molecule has 0 aliphatic rings. The number of hydrogen-bond acceptors (Lipinski definition) is 6. The second-order valence-electron chi connectivity index (χ2n) is 5.98. The van der Waals surface area contributed by atoms with Crippen LogP contribution in [0.25, 0.3) is 0 Å². The highest BCUT2D eigenvalue weighted by atomic mass is 32.1. The minimum Gasteiger partial charge on any atom is -0.306 e. The molecule has 2 N–H and O–H groups in total. The Kier molecular flexibility index (Phi) is 5.74. The molecule has 0 bridgehead atoms. The van der Waals surface area contributed by atoms with Crippen LogP contribution in [0.4, 0.5) is 15.6 Å². The molecule has 2 aromatic rings. The average molecular weight is 355 g/mol. The topological polar surface area (TPSA) is 72.5 Å². The van der Waals surface area contributed by atoms with Crippen molar-refractivity contribution in [2.45, 2.75) is 39.7 Å². The first kappa shape index (κ1) is 17.9. The maximum atomic E-state index is 12.2. The molecule has 0 saturated carbocycles. The number of thiophene rings is 1. The van der Waals surface area contributed by atoms with E-state index in [0.29, 0.717) is 5.13 Å². The minimum absolute atomic E-state index is 0.00465. The molecule has 0 aliphatic carbocycles. The van der Waals surface area contributed by atoms with Crippen LogP contribution in [-0.4, -0.2) is 18.1 Å². The molecule has 6 nitrogen and oxygen atoms in total. The molecule has 0 saturated heterocycles. The van der Waals surface area contributed by atoms with Crippen LogP contribution in [-0.2, 0) is 21.8 Å². The van der Waals surface area contributed by atoms with Crippen LogP contribution in [0.15, 0.2) is 12.3 Å². The second-order valence-corrected chi connectivity index (χ2v) is 8.35. The fourth-order valence-electron chi connectivity index (χ4n) is 1.79. The molecule has 2 rings (SSSR count). The van der Waals surface area contributed by atoms with Crippen molar-refractivity contribution in [3.05, 3.63) is 26.9 Å². The maximum absolute atomic E-state index is 12.2. The summed E-state index contributed by atoms with van der Waals surface area (Å²) >= 11 is 3.03. The van der Waals surface area contributed by atoms with Gasteiger partial charge in [-0.25, -0.2) is 19.6 Å². The van der Waals surface area contributed by atoms with Crippen LogP contribution < -0.4 is 10.6 Å². The molecular weight excluding hydrogens is 334 g/mol. The number of nitrogens with one attached hydrogen (secondary N) is 2. The Hall–Kier alpha value is -1.48. The van der Waals surface area contributed by atoms with E-state index < -0.39 is 0 Å². The zero-order valence-corrected chi connectivity index (χ0v) is 15.5. The van der Waals surface area contributed by atoms with E-state index in [9.17, 15) is 4.79 Å². The van der Waals surface area contributed by atoms with Gasteiger partial charge >= 0.3 is 6.03 Å². The SMILES string of the molecule is COOCc1sc(C(C)(C)C)cc1NC(=O)Nc1ncc(C)s1. The molecule has 2 aromatic heterocycles. The highest BCUT2D eigenvalue weighted by Crippen LogP contribution is 2.36. The Bertz CT molecular complexity index is 674. The lowest BCUT2D eigenvalue weighted by Crippen LogP contribution is -2.19. The molecule has 2 amide bonds. The number of urea groups is 1. The van der Waals surface area contributed by atoms with Crippen LogP contribution in [0.5, 0.6) is 0 Å². The molecular formula is C15H21N3O3S2. The molecule has 2 heterocycles. The molecule has 0 spiro atoms. The number of amides is 2. The number of thiazole rings is 1. The summed E-state index contributed by atoms with van der Waals surface area (Å²) in [5.74, 6) is 0. The third kappa shape index (κ3) is 5.00. The lowest BCUT2D eigenvalue weighted by molar-refractivity contribution is -0.281. The predicted molar refractivity (Wildman–Crippen MR) is 94.3 cm³/mol. The zero-order chi connectivity index (χ0) is 17.0. The Morgan fingerprint density at radius 3 is 2.61 bits per heavy atom. The van der Waals surface area contributed by atoms with E-state index in [2.05, 4.69) is 41.3 Å². The molecule has 0 unspecified atom stereocenters. The van der Waals surface area contributed by atoms with Crippen LogP contribution >= 0.6 is 22.7 Å². The predicted octanol–water partition coefficient (Wildman–Crippen LogP) is 4.53. The Morgan fingerprint density at radius 2 is 2.04 bits per heavy atom. The fraction of sp³-hybridized carbons (Fsp3) is 0.467. The summed E-state index contributed by atoms with van der Waals surface area (Å²) < 4.78 is 0. The summed E-state index contributed by atoms with van der Waals surface area (Å²) in [7, 11) is 1.46. The number of aryl methyl sites for hydroxylation is 1. The van der Waals surface area contributed by atoms with Gasteiger partial charge in [0, 0.05) is 16.0 Å². The number of aromatic nitrogens is 1. The first-order valence-corrected chi connectivity index (χ1v) is 8.72. The molecule has 0 atom stereocenters. The van der Waals surface area contributed by atoms with Crippen LogP contribution in [0.3, 0.4) is 0 Å². The van der Waals surface area contributed by atoms with Gasteiger partial charge < -0.3 is 5.32 Å². The second kappa shape index (κ2) is 7.39. The number of nitrogens with zero attached hydrogens (tertiary/aromatic N) is 1. The lowest BCUT2D eigenvalue weighted by atomic mass is 9.94. The standard InChI is InChI=1S/C15H21N3O3S2/c1-9-7-16-14(22-9)18-13(19)17-10-6-12(15(2,3)4)23-11(10)8-21-20-5/h6-7H,8H2,1-5H3,(H2,16,17,18,19). The van der Waals surface area contributed by atoms with E-state index in [4.69, 9.17) is 4.89 Å². The van der Waals surface area contributed by atoms with Crippen molar-refractivity contribution in [3.63, 3.8) is 0 Å². The molecule has 0 radical (unpaired) electrons. The molecule has 23 heavy (non-hydrogen) atoms. The van der Waals surface area contributed by atoms with Crippen molar-refractivity contribution in [1.29, 1.82) is 0 Å². The summed E-state index contributed by atoms with van der Waals surface area (Å²) in [6.45, 7) is 8.60. The monoisotopic (exact) mass is 355 g/mol. The number of carbonyl (C=O) groups excluding carboxylic acids is 1. The minimum atomic E-state index is -0.323. The summed E-state index contributed by atoms with van der Waals surface area (Å²) in [5.41, 5.74) is 0.720. The van der Waals surface area contributed by atoms with Gasteiger partial charge in [0.1, 0.15) is 6.61 Å². The Morgan fingerprint density at radius 1 is 1.30 bits per heavy atom. The van der Waals surface area contributed by atoms with E-state index >= 15 is 0 Å². The van der Waals surface area contributed by atoms with Gasteiger partial charge in [0.2, 0.25) is 0 Å². The van der Waals surface area contributed by atoms with E-state index in [0.717, 1.165) is 20.3 Å². The third-order valence-electron chi connectivity index (χ3n) is 2.95. The van der Waals surface area contributed by atoms with Crippen molar-refractivity contribution >= 4 is 39.5 Å². The van der Waals surface area contributed by atoms with Gasteiger partial charge in [-0.05, 0) is 18.4 Å². The highest BCUT2D eigenvalue weighted by Gasteiger charge is 2.21. The lowest BCUT2D eigenvalue weighted by Gasteiger charge is -2.15.